The highest BCUT2D eigenvalue weighted by Crippen LogP contribution is 2.42. The van der Waals surface area contributed by atoms with E-state index in [0.717, 1.165) is 56.1 Å². The minimum Gasteiger partial charge on any atom is -0.497 e. The van der Waals surface area contributed by atoms with Crippen LogP contribution in [0.4, 0.5) is 5.69 Å². The van der Waals surface area contributed by atoms with Crippen LogP contribution < -0.4 is 15.0 Å². The maximum absolute atomic E-state index is 13.9. The lowest BCUT2D eigenvalue weighted by Gasteiger charge is -2.23. The van der Waals surface area contributed by atoms with Crippen LogP contribution in [0.2, 0.25) is 0 Å². The van der Waals surface area contributed by atoms with Gasteiger partial charge in [0.25, 0.3) is 11.8 Å². The molecule has 0 unspecified atom stereocenters. The van der Waals surface area contributed by atoms with Crippen LogP contribution in [0, 0.1) is 0 Å². The molecule has 2 amide bonds. The Morgan fingerprint density at radius 2 is 1.90 bits per heavy atom. The Labute approximate surface area is 229 Å². The average Bonchev–Trinajstić information content (AvgIpc) is 3.56. The van der Waals surface area contributed by atoms with Crippen molar-refractivity contribution in [3.63, 3.8) is 0 Å². The number of carbonyl (C=O) groups excluding carboxylic acids is 2. The predicted molar refractivity (Wildman–Crippen MR) is 153 cm³/mol. The van der Waals surface area contributed by atoms with Gasteiger partial charge in [0.15, 0.2) is 0 Å². The molecule has 1 N–H and O–H groups in total. The normalized spacial score (nSPS) is 14.4. The number of amides is 2. The molecule has 39 heavy (non-hydrogen) atoms. The number of rotatable bonds is 5. The van der Waals surface area contributed by atoms with E-state index in [2.05, 4.69) is 5.32 Å². The van der Waals surface area contributed by atoms with E-state index in [1.165, 1.54) is 11.3 Å². The summed E-state index contributed by atoms with van der Waals surface area (Å²) in [5.74, 6) is 1.32. The van der Waals surface area contributed by atoms with E-state index in [4.69, 9.17) is 9.72 Å². The first-order valence-electron chi connectivity index (χ1n) is 13.1. The van der Waals surface area contributed by atoms with Gasteiger partial charge >= 0.3 is 0 Å². The smallest absolute Gasteiger partial charge is 0.276 e. The lowest BCUT2D eigenvalue weighted by atomic mass is 10.1. The van der Waals surface area contributed by atoms with Crippen molar-refractivity contribution in [2.45, 2.75) is 25.3 Å². The summed E-state index contributed by atoms with van der Waals surface area (Å²) in [6.45, 7) is 0.501. The van der Waals surface area contributed by atoms with Gasteiger partial charge in [0.1, 0.15) is 17.3 Å². The van der Waals surface area contributed by atoms with Gasteiger partial charge in [-0.2, -0.15) is 0 Å². The quantitative estimate of drug-likeness (QED) is 0.307. The van der Waals surface area contributed by atoms with Crippen molar-refractivity contribution in [2.75, 3.05) is 18.6 Å². The fraction of sp³-hybridized carbons (Fsp3) is 0.194. The number of benzene rings is 2. The number of fused-ring (bicyclic) bond motifs is 4. The molecule has 8 heteroatoms. The first-order valence-corrected chi connectivity index (χ1v) is 13.9. The Morgan fingerprint density at radius 1 is 1.03 bits per heavy atom. The van der Waals surface area contributed by atoms with Crippen molar-refractivity contribution in [1.82, 2.24) is 14.9 Å². The topological polar surface area (TPSA) is 76.5 Å². The number of carbonyl (C=O) groups is 2. The number of nitrogens with one attached hydrogen (secondary N) is 1. The number of anilines is 1. The molecule has 2 aromatic carbocycles. The molecule has 7 nitrogen and oxygen atoms in total. The maximum Gasteiger partial charge on any atom is 0.276 e. The van der Waals surface area contributed by atoms with Crippen LogP contribution >= 0.6 is 11.3 Å². The van der Waals surface area contributed by atoms with Gasteiger partial charge < -0.3 is 19.5 Å². The molecule has 1 aliphatic heterocycles. The van der Waals surface area contributed by atoms with E-state index in [1.807, 2.05) is 82.4 Å². The molecule has 0 atom stereocenters. The number of aromatic nitrogens is 2. The molecule has 1 fully saturated rings. The van der Waals surface area contributed by atoms with E-state index >= 15 is 0 Å². The summed E-state index contributed by atoms with van der Waals surface area (Å²) in [6.07, 6.45) is 4.73. The molecule has 3 aromatic heterocycles. The van der Waals surface area contributed by atoms with Gasteiger partial charge in [-0.05, 0) is 73.4 Å². The maximum atomic E-state index is 13.9. The van der Waals surface area contributed by atoms with Crippen molar-refractivity contribution < 1.29 is 14.3 Å². The van der Waals surface area contributed by atoms with Crippen LogP contribution in [0.15, 0.2) is 79.0 Å². The Hall–Kier alpha value is -4.43. The molecule has 1 saturated carbocycles. The van der Waals surface area contributed by atoms with Crippen LogP contribution in [0.25, 0.3) is 27.2 Å². The number of hydrogen-bond donors (Lipinski definition) is 1. The van der Waals surface area contributed by atoms with Gasteiger partial charge in [0.2, 0.25) is 0 Å². The number of pyridine rings is 1. The lowest BCUT2D eigenvalue weighted by Crippen LogP contribution is -2.33. The van der Waals surface area contributed by atoms with Gasteiger partial charge in [-0.25, -0.2) is 4.98 Å². The fourth-order valence-corrected chi connectivity index (χ4v) is 6.31. The zero-order valence-corrected chi connectivity index (χ0v) is 22.2. The lowest BCUT2D eigenvalue weighted by molar-refractivity contribution is 0.0952. The Kier molecular flexibility index (Phi) is 5.70. The number of thiophene rings is 1. The molecule has 1 aliphatic carbocycles. The minimum absolute atomic E-state index is 0.00187. The van der Waals surface area contributed by atoms with Gasteiger partial charge in [0.05, 0.1) is 23.2 Å². The second-order valence-electron chi connectivity index (χ2n) is 9.93. The van der Waals surface area contributed by atoms with Crippen LogP contribution in [0.1, 0.15) is 38.6 Å². The van der Waals surface area contributed by atoms with Gasteiger partial charge in [0, 0.05) is 34.6 Å². The summed E-state index contributed by atoms with van der Waals surface area (Å²) < 4.78 is 7.33. The van der Waals surface area contributed by atoms with Gasteiger partial charge in [-0.3, -0.25) is 9.59 Å². The summed E-state index contributed by atoms with van der Waals surface area (Å²) in [7, 11) is 1.65. The van der Waals surface area contributed by atoms with Crippen molar-refractivity contribution in [2.24, 2.45) is 0 Å². The molecule has 4 heterocycles. The SMILES string of the molecule is COc1ccc2c(ccn2-c2cccc(C(=O)N3CCc4cc(C(=O)NC5CC5)sc4-c4ccccc43)n2)c1. The molecule has 0 spiro atoms. The first-order chi connectivity index (χ1) is 19.1. The van der Waals surface area contributed by atoms with Crippen LogP contribution in [-0.2, 0) is 6.42 Å². The first kappa shape index (κ1) is 23.7. The molecule has 194 valence electrons. The monoisotopic (exact) mass is 534 g/mol. The molecule has 5 aromatic rings. The Morgan fingerprint density at radius 3 is 2.74 bits per heavy atom. The van der Waals surface area contributed by atoms with Crippen LogP contribution in [0.3, 0.4) is 0 Å². The molecule has 0 saturated heterocycles. The van der Waals surface area contributed by atoms with E-state index in [9.17, 15) is 9.59 Å². The van der Waals surface area contributed by atoms with Gasteiger partial charge in [-0.1, -0.05) is 24.3 Å². The fourth-order valence-electron chi connectivity index (χ4n) is 5.17. The third kappa shape index (κ3) is 4.27. The molecule has 2 aliphatic rings. The average molecular weight is 535 g/mol. The third-order valence-electron chi connectivity index (χ3n) is 7.33. The van der Waals surface area contributed by atoms with E-state index < -0.39 is 0 Å². The summed E-state index contributed by atoms with van der Waals surface area (Å²) in [5.41, 5.74) is 4.27. The van der Waals surface area contributed by atoms with Crippen molar-refractivity contribution >= 4 is 39.7 Å². The summed E-state index contributed by atoms with van der Waals surface area (Å²) in [5, 5.41) is 4.12. The van der Waals surface area contributed by atoms with Crippen molar-refractivity contribution in [3.8, 4) is 22.0 Å². The highest BCUT2D eigenvalue weighted by atomic mass is 32.1. The van der Waals surface area contributed by atoms with Gasteiger partial charge in [-0.15, -0.1) is 11.3 Å². The second-order valence-corrected chi connectivity index (χ2v) is 11.0. The summed E-state index contributed by atoms with van der Waals surface area (Å²) in [6, 6.07) is 23.7. The largest absolute Gasteiger partial charge is 0.497 e. The molecule has 0 bridgehead atoms. The van der Waals surface area contributed by atoms with Crippen molar-refractivity contribution in [3.05, 3.63) is 95.1 Å². The standard InChI is InChI=1S/C31H26N4O3S/c1-38-22-11-12-25-19(17-22)13-15-34(25)28-8-4-6-24(33-28)31(37)35-16-14-20-18-27(30(36)32-21-9-10-21)39-29(20)23-5-2-3-7-26(23)35/h2-8,11-13,15,17-18,21H,9-10,14,16H2,1H3,(H,32,36). The van der Waals surface area contributed by atoms with E-state index in [1.54, 1.807) is 13.2 Å². The summed E-state index contributed by atoms with van der Waals surface area (Å²) >= 11 is 1.51. The highest BCUT2D eigenvalue weighted by molar-refractivity contribution is 7.17. The predicted octanol–water partition coefficient (Wildman–Crippen LogP) is 5.86. The van der Waals surface area contributed by atoms with E-state index in [-0.39, 0.29) is 11.8 Å². The number of nitrogens with zero attached hydrogens (tertiary/aromatic N) is 3. The zero-order chi connectivity index (χ0) is 26.5. The third-order valence-corrected chi connectivity index (χ3v) is 8.54. The Bertz CT molecular complexity index is 1750. The van der Waals surface area contributed by atoms with E-state index in [0.29, 0.717) is 30.5 Å². The molecule has 7 rings (SSSR count). The molecule has 0 radical (unpaired) electrons. The molecular weight excluding hydrogens is 508 g/mol. The van der Waals surface area contributed by atoms with Crippen LogP contribution in [0.5, 0.6) is 5.75 Å². The second kappa shape index (κ2) is 9.39. The number of para-hydroxylation sites is 1. The number of hydrogen-bond acceptors (Lipinski definition) is 5. The highest BCUT2D eigenvalue weighted by Gasteiger charge is 2.29. The number of methoxy groups -OCH3 is 1. The van der Waals surface area contributed by atoms with Crippen molar-refractivity contribution in [1.29, 1.82) is 0 Å². The molecular formula is C31H26N4O3S. The minimum atomic E-state index is -0.149. The van der Waals surface area contributed by atoms with Crippen LogP contribution in [-0.4, -0.2) is 41.1 Å². The number of ether oxygens (including phenoxy) is 1. The summed E-state index contributed by atoms with van der Waals surface area (Å²) in [4.78, 5) is 35.1. The Balaban J connectivity index is 1.22. The zero-order valence-electron chi connectivity index (χ0n) is 21.4.